The summed E-state index contributed by atoms with van der Waals surface area (Å²) in [5, 5.41) is 13.4. The number of ketones is 1. The van der Waals surface area contributed by atoms with Gasteiger partial charge in [-0.15, -0.1) is 11.3 Å². The molecule has 0 bridgehead atoms. The van der Waals surface area contributed by atoms with Crippen LogP contribution in [0.3, 0.4) is 0 Å². The molecule has 1 aliphatic heterocycles. The van der Waals surface area contributed by atoms with Gasteiger partial charge < -0.3 is 14.3 Å². The number of nitrogens with zero attached hydrogens (tertiary/aromatic N) is 1. The van der Waals surface area contributed by atoms with Crippen molar-refractivity contribution in [3.8, 4) is 5.75 Å². The Kier molecular flexibility index (Phi) is 4.83. The fourth-order valence-corrected chi connectivity index (χ4v) is 4.90. The SMILES string of the molecule is COc1cccc2cc(C(=O)C3=C(O)C(=O)N(c4ccccc4C)C3c3cccs3)oc12. The van der Waals surface area contributed by atoms with Crippen LogP contribution in [0.2, 0.25) is 0 Å². The monoisotopic (exact) mass is 445 g/mol. The molecular weight excluding hydrogens is 426 g/mol. The Bertz CT molecular complexity index is 1380. The fourth-order valence-electron chi connectivity index (χ4n) is 4.08. The molecule has 0 saturated heterocycles. The molecule has 3 heterocycles. The number of carbonyl (C=O) groups is 2. The Labute approximate surface area is 188 Å². The molecule has 1 unspecified atom stereocenters. The van der Waals surface area contributed by atoms with E-state index >= 15 is 0 Å². The van der Waals surface area contributed by atoms with Gasteiger partial charge in [0.2, 0.25) is 5.78 Å². The molecular formula is C25H19NO5S. The number of carbonyl (C=O) groups excluding carboxylic acids is 2. The van der Waals surface area contributed by atoms with Crippen molar-refractivity contribution < 1.29 is 23.8 Å². The normalized spacial score (nSPS) is 16.2. The van der Waals surface area contributed by atoms with Gasteiger partial charge in [-0.2, -0.15) is 0 Å². The van der Waals surface area contributed by atoms with Crippen molar-refractivity contribution in [2.75, 3.05) is 12.0 Å². The van der Waals surface area contributed by atoms with Crippen molar-refractivity contribution in [3.05, 3.63) is 93.6 Å². The van der Waals surface area contributed by atoms with Crippen LogP contribution in [-0.2, 0) is 4.79 Å². The van der Waals surface area contributed by atoms with Crippen LogP contribution < -0.4 is 9.64 Å². The Morgan fingerprint density at radius 2 is 1.94 bits per heavy atom. The number of rotatable bonds is 5. The van der Waals surface area contributed by atoms with Crippen molar-refractivity contribution in [2.24, 2.45) is 0 Å². The van der Waals surface area contributed by atoms with Crippen LogP contribution in [0.1, 0.15) is 27.0 Å². The highest BCUT2D eigenvalue weighted by atomic mass is 32.1. The summed E-state index contributed by atoms with van der Waals surface area (Å²) < 4.78 is 11.2. The molecule has 0 radical (unpaired) electrons. The summed E-state index contributed by atoms with van der Waals surface area (Å²) in [5.41, 5.74) is 1.93. The lowest BCUT2D eigenvalue weighted by Gasteiger charge is -2.26. The number of Topliss-reactive ketones (excluding diaryl/α,β-unsaturated/α-hetero) is 1. The average molecular weight is 445 g/mol. The van der Waals surface area contributed by atoms with E-state index in [1.807, 2.05) is 48.7 Å². The van der Waals surface area contributed by atoms with Gasteiger partial charge in [-0.25, -0.2) is 0 Å². The molecule has 2 aromatic heterocycles. The lowest BCUT2D eigenvalue weighted by atomic mass is 9.99. The number of anilines is 1. The maximum Gasteiger partial charge on any atom is 0.294 e. The van der Waals surface area contributed by atoms with Gasteiger partial charge >= 0.3 is 0 Å². The summed E-state index contributed by atoms with van der Waals surface area (Å²) in [7, 11) is 1.52. The Balaban J connectivity index is 1.66. The number of thiophene rings is 1. The molecule has 7 heteroatoms. The van der Waals surface area contributed by atoms with E-state index in [1.54, 1.807) is 24.3 Å². The molecule has 1 aliphatic rings. The lowest BCUT2D eigenvalue weighted by molar-refractivity contribution is -0.117. The van der Waals surface area contributed by atoms with Gasteiger partial charge in [-0.3, -0.25) is 14.5 Å². The molecule has 0 aliphatic carbocycles. The van der Waals surface area contributed by atoms with E-state index in [1.165, 1.54) is 23.3 Å². The molecule has 160 valence electrons. The Morgan fingerprint density at radius 1 is 1.12 bits per heavy atom. The number of aliphatic hydroxyl groups excluding tert-OH is 1. The molecule has 32 heavy (non-hydrogen) atoms. The van der Waals surface area contributed by atoms with E-state index < -0.39 is 23.5 Å². The smallest absolute Gasteiger partial charge is 0.294 e. The first kappa shape index (κ1) is 20.1. The molecule has 1 amide bonds. The van der Waals surface area contributed by atoms with Crippen molar-refractivity contribution in [3.63, 3.8) is 0 Å². The van der Waals surface area contributed by atoms with Crippen molar-refractivity contribution in [2.45, 2.75) is 13.0 Å². The summed E-state index contributed by atoms with van der Waals surface area (Å²) in [6.45, 7) is 1.89. The number of fused-ring (bicyclic) bond motifs is 1. The highest BCUT2D eigenvalue weighted by Crippen LogP contribution is 2.44. The van der Waals surface area contributed by atoms with Gasteiger partial charge in [0.05, 0.1) is 12.7 Å². The zero-order valence-electron chi connectivity index (χ0n) is 17.4. The zero-order chi connectivity index (χ0) is 22.4. The van der Waals surface area contributed by atoms with E-state index in [2.05, 4.69) is 0 Å². The zero-order valence-corrected chi connectivity index (χ0v) is 18.2. The van der Waals surface area contributed by atoms with Crippen molar-refractivity contribution in [1.82, 2.24) is 0 Å². The number of benzene rings is 2. The number of furan rings is 1. The van der Waals surface area contributed by atoms with Gasteiger partial charge in [0.25, 0.3) is 5.91 Å². The molecule has 5 rings (SSSR count). The minimum absolute atomic E-state index is 0.00118. The van der Waals surface area contributed by atoms with Gasteiger partial charge in [0, 0.05) is 16.0 Å². The molecule has 2 aromatic carbocycles. The molecule has 4 aromatic rings. The first-order valence-corrected chi connectivity index (χ1v) is 10.9. The number of para-hydroxylation sites is 2. The first-order valence-electron chi connectivity index (χ1n) is 9.98. The highest BCUT2D eigenvalue weighted by Gasteiger charge is 2.46. The summed E-state index contributed by atoms with van der Waals surface area (Å²) in [5.74, 6) is -1.19. The highest BCUT2D eigenvalue weighted by molar-refractivity contribution is 7.10. The molecule has 6 nitrogen and oxygen atoms in total. The van der Waals surface area contributed by atoms with Crippen LogP contribution in [0.4, 0.5) is 5.69 Å². The lowest BCUT2D eigenvalue weighted by Crippen LogP contribution is -2.31. The third kappa shape index (κ3) is 3.01. The number of ether oxygens (including phenoxy) is 1. The van der Waals surface area contributed by atoms with E-state index in [-0.39, 0.29) is 11.3 Å². The minimum atomic E-state index is -0.758. The topological polar surface area (TPSA) is 80.0 Å². The number of aryl methyl sites for hydroxylation is 1. The molecule has 0 fully saturated rings. The number of methoxy groups -OCH3 is 1. The van der Waals surface area contributed by atoms with Gasteiger partial charge in [-0.05, 0) is 42.1 Å². The van der Waals surface area contributed by atoms with Crippen LogP contribution in [0, 0.1) is 6.92 Å². The summed E-state index contributed by atoms with van der Waals surface area (Å²) in [6.07, 6.45) is 0. The second kappa shape index (κ2) is 7.69. The van der Waals surface area contributed by atoms with Crippen LogP contribution in [-0.4, -0.2) is 23.9 Å². The minimum Gasteiger partial charge on any atom is -0.503 e. The summed E-state index contributed by atoms with van der Waals surface area (Å²) in [4.78, 5) is 29.1. The van der Waals surface area contributed by atoms with Crippen molar-refractivity contribution in [1.29, 1.82) is 0 Å². The molecule has 1 atom stereocenters. The summed E-state index contributed by atoms with van der Waals surface area (Å²) in [6, 6.07) is 17.3. The second-order valence-corrected chi connectivity index (χ2v) is 8.44. The number of hydrogen-bond donors (Lipinski definition) is 1. The Morgan fingerprint density at radius 3 is 2.66 bits per heavy atom. The predicted octanol–water partition coefficient (Wildman–Crippen LogP) is 5.59. The summed E-state index contributed by atoms with van der Waals surface area (Å²) >= 11 is 1.41. The van der Waals surface area contributed by atoms with Crippen LogP contribution in [0.25, 0.3) is 11.0 Å². The quantitative estimate of drug-likeness (QED) is 0.405. The van der Waals surface area contributed by atoms with Crippen molar-refractivity contribution >= 4 is 39.7 Å². The maximum absolute atomic E-state index is 13.6. The maximum atomic E-state index is 13.6. The third-order valence-electron chi connectivity index (χ3n) is 5.59. The first-order chi connectivity index (χ1) is 15.5. The van der Waals surface area contributed by atoms with E-state index in [0.29, 0.717) is 22.4 Å². The number of hydrogen-bond acceptors (Lipinski definition) is 6. The molecule has 0 spiro atoms. The average Bonchev–Trinajstić information content (AvgIpc) is 3.53. The van der Waals surface area contributed by atoms with Gasteiger partial charge in [-0.1, -0.05) is 36.4 Å². The standard InChI is InChI=1S/C25H19NO5S/c1-14-7-3-4-9-16(14)26-21(19-11-6-12-32-19)20(23(28)25(26)29)22(27)18-13-15-8-5-10-17(30-2)24(15)31-18/h3-13,21,28H,1-2H3. The van der Waals surface area contributed by atoms with E-state index in [0.717, 1.165) is 10.4 Å². The van der Waals surface area contributed by atoms with Crippen LogP contribution in [0.5, 0.6) is 5.75 Å². The largest absolute Gasteiger partial charge is 0.503 e. The third-order valence-corrected chi connectivity index (χ3v) is 6.52. The van der Waals surface area contributed by atoms with E-state index in [9.17, 15) is 14.7 Å². The van der Waals surface area contributed by atoms with Crippen LogP contribution in [0.15, 0.2) is 81.8 Å². The number of aliphatic hydroxyl groups is 1. The van der Waals surface area contributed by atoms with E-state index in [4.69, 9.17) is 9.15 Å². The van der Waals surface area contributed by atoms with Crippen LogP contribution >= 0.6 is 11.3 Å². The van der Waals surface area contributed by atoms with Gasteiger partial charge in [0.1, 0.15) is 6.04 Å². The molecule has 1 N–H and O–H groups in total. The van der Waals surface area contributed by atoms with Gasteiger partial charge in [0.15, 0.2) is 22.9 Å². The Hall–Kier alpha value is -3.84. The second-order valence-electron chi connectivity index (χ2n) is 7.46. The molecule has 0 saturated carbocycles. The number of amides is 1. The predicted molar refractivity (Wildman–Crippen MR) is 122 cm³/mol. The fraction of sp³-hybridized carbons (Fsp3) is 0.120.